The van der Waals surface area contributed by atoms with Crippen LogP contribution in [0.4, 0.5) is 5.82 Å². The predicted molar refractivity (Wildman–Crippen MR) is 52.0 cm³/mol. The van der Waals surface area contributed by atoms with Crippen molar-refractivity contribution < 1.29 is 0 Å². The summed E-state index contributed by atoms with van der Waals surface area (Å²) in [4.78, 5) is 23.7. The molecule has 0 unspecified atom stereocenters. The van der Waals surface area contributed by atoms with Gasteiger partial charge in [-0.15, -0.1) is 0 Å². The summed E-state index contributed by atoms with van der Waals surface area (Å²) in [5.74, 6) is 0.612. The second-order valence-electron chi connectivity index (χ2n) is 3.01. The minimum atomic E-state index is -0.266. The second-order valence-corrected chi connectivity index (χ2v) is 3.01. The standard InChI is InChI=1S/C9H6N4O/c14-9-12-6-2-1-3-10-7(6)8-11-4-5-13(8)9/h1-4H,5H2. The van der Waals surface area contributed by atoms with Crippen molar-refractivity contribution in [2.24, 2.45) is 4.99 Å². The Morgan fingerprint density at radius 1 is 1.43 bits per heavy atom. The van der Waals surface area contributed by atoms with E-state index in [0.717, 1.165) is 0 Å². The van der Waals surface area contributed by atoms with Gasteiger partial charge in [-0.25, -0.2) is 9.79 Å². The van der Waals surface area contributed by atoms with Crippen LogP contribution in [0.25, 0.3) is 11.0 Å². The maximum absolute atomic E-state index is 11.5. The van der Waals surface area contributed by atoms with E-state index in [2.05, 4.69) is 15.0 Å². The zero-order valence-electron chi connectivity index (χ0n) is 7.21. The van der Waals surface area contributed by atoms with Crippen molar-refractivity contribution in [3.8, 4) is 0 Å². The van der Waals surface area contributed by atoms with Gasteiger partial charge >= 0.3 is 5.69 Å². The van der Waals surface area contributed by atoms with E-state index in [1.807, 2.05) is 0 Å². The lowest BCUT2D eigenvalue weighted by molar-refractivity contribution is 0.814. The fourth-order valence-electron chi connectivity index (χ4n) is 1.55. The number of hydrogen-bond donors (Lipinski definition) is 0. The Balaban J connectivity index is 2.57. The Bertz CT molecular complexity index is 599. The summed E-state index contributed by atoms with van der Waals surface area (Å²) >= 11 is 0. The van der Waals surface area contributed by atoms with Gasteiger partial charge < -0.3 is 0 Å². The molecule has 0 fully saturated rings. The molecule has 2 aromatic heterocycles. The van der Waals surface area contributed by atoms with Gasteiger partial charge in [0, 0.05) is 12.4 Å². The third-order valence-electron chi connectivity index (χ3n) is 2.18. The first kappa shape index (κ1) is 7.37. The third kappa shape index (κ3) is 0.834. The Kier molecular flexibility index (Phi) is 1.30. The van der Waals surface area contributed by atoms with Crippen LogP contribution in [0.15, 0.2) is 28.1 Å². The number of aliphatic imine (C=N–C) groups is 1. The molecule has 0 saturated heterocycles. The van der Waals surface area contributed by atoms with Crippen molar-refractivity contribution >= 4 is 23.1 Å². The Morgan fingerprint density at radius 3 is 3.29 bits per heavy atom. The van der Waals surface area contributed by atoms with Crippen molar-refractivity contribution in [3.63, 3.8) is 0 Å². The Labute approximate surface area is 78.8 Å². The molecule has 0 spiro atoms. The molecule has 0 N–H and O–H groups in total. The molecule has 0 aliphatic carbocycles. The van der Waals surface area contributed by atoms with E-state index >= 15 is 0 Å². The van der Waals surface area contributed by atoms with Crippen LogP contribution in [0, 0.1) is 0 Å². The van der Waals surface area contributed by atoms with Crippen molar-refractivity contribution in [2.75, 3.05) is 0 Å². The molecule has 3 heterocycles. The minimum Gasteiger partial charge on any atom is -0.269 e. The number of fused-ring (bicyclic) bond motifs is 3. The zero-order chi connectivity index (χ0) is 9.54. The molecule has 1 aliphatic heterocycles. The van der Waals surface area contributed by atoms with Crippen LogP contribution in [-0.2, 0) is 6.54 Å². The average molecular weight is 186 g/mol. The number of pyridine rings is 1. The van der Waals surface area contributed by atoms with Crippen LogP contribution in [0.5, 0.6) is 0 Å². The van der Waals surface area contributed by atoms with Gasteiger partial charge in [0.1, 0.15) is 5.52 Å². The van der Waals surface area contributed by atoms with Crippen LogP contribution in [0.2, 0.25) is 0 Å². The summed E-state index contributed by atoms with van der Waals surface area (Å²) in [6.07, 6.45) is 3.36. The average Bonchev–Trinajstić information content (AvgIpc) is 2.67. The number of aromatic nitrogens is 3. The predicted octanol–water partition coefficient (Wildman–Crippen LogP) is 0.507. The lowest BCUT2D eigenvalue weighted by Gasteiger charge is -2.02. The third-order valence-corrected chi connectivity index (χ3v) is 2.18. The molecule has 5 nitrogen and oxygen atoms in total. The van der Waals surface area contributed by atoms with Gasteiger partial charge in [-0.05, 0) is 12.1 Å². The monoisotopic (exact) mass is 186 g/mol. The van der Waals surface area contributed by atoms with Crippen LogP contribution in [0.3, 0.4) is 0 Å². The summed E-state index contributed by atoms with van der Waals surface area (Å²) < 4.78 is 1.51. The van der Waals surface area contributed by atoms with E-state index in [4.69, 9.17) is 0 Å². The molecule has 14 heavy (non-hydrogen) atoms. The smallest absolute Gasteiger partial charge is 0.269 e. The van der Waals surface area contributed by atoms with Crippen molar-refractivity contribution in [1.82, 2.24) is 14.5 Å². The first-order chi connectivity index (χ1) is 6.86. The number of hydrogen-bond acceptors (Lipinski definition) is 4. The number of rotatable bonds is 0. The van der Waals surface area contributed by atoms with Gasteiger partial charge in [0.05, 0.1) is 12.1 Å². The lowest BCUT2D eigenvalue weighted by atomic mass is 10.3. The zero-order valence-corrected chi connectivity index (χ0v) is 7.21. The van der Waals surface area contributed by atoms with Crippen molar-refractivity contribution in [1.29, 1.82) is 0 Å². The first-order valence-corrected chi connectivity index (χ1v) is 4.24. The van der Waals surface area contributed by atoms with E-state index in [-0.39, 0.29) is 5.69 Å². The molecule has 0 atom stereocenters. The largest absolute Gasteiger partial charge is 0.350 e. The molecule has 0 amide bonds. The molecule has 3 rings (SSSR count). The SMILES string of the molecule is O=c1nc2cccnc2c2n1CC=N2. The van der Waals surface area contributed by atoms with E-state index in [1.165, 1.54) is 4.57 Å². The maximum Gasteiger partial charge on any atom is 0.350 e. The molecule has 1 aliphatic rings. The van der Waals surface area contributed by atoms with Crippen LogP contribution in [0.1, 0.15) is 0 Å². The van der Waals surface area contributed by atoms with Gasteiger partial charge in [0.15, 0.2) is 5.82 Å². The quantitative estimate of drug-likeness (QED) is 0.602. The molecule has 68 valence electrons. The highest BCUT2D eigenvalue weighted by atomic mass is 16.1. The molecular formula is C9H6N4O. The number of nitrogens with zero attached hydrogens (tertiary/aromatic N) is 4. The molecule has 5 heteroatoms. The summed E-state index contributed by atoms with van der Waals surface area (Å²) in [5, 5.41) is 0. The fraction of sp³-hybridized carbons (Fsp3) is 0.111. The highest BCUT2D eigenvalue weighted by Crippen LogP contribution is 2.22. The first-order valence-electron chi connectivity index (χ1n) is 4.24. The Hall–Kier alpha value is -2.04. The molecule has 2 aromatic rings. The summed E-state index contributed by atoms with van der Waals surface area (Å²) in [7, 11) is 0. The van der Waals surface area contributed by atoms with E-state index < -0.39 is 0 Å². The topological polar surface area (TPSA) is 60.1 Å². The van der Waals surface area contributed by atoms with Gasteiger partial charge in [0.25, 0.3) is 0 Å². The second kappa shape index (κ2) is 2.47. The minimum absolute atomic E-state index is 0.266. The fourth-order valence-corrected chi connectivity index (χ4v) is 1.55. The summed E-state index contributed by atoms with van der Waals surface area (Å²) in [5.41, 5.74) is 1.02. The molecular weight excluding hydrogens is 180 g/mol. The van der Waals surface area contributed by atoms with E-state index in [0.29, 0.717) is 23.4 Å². The van der Waals surface area contributed by atoms with Crippen LogP contribution in [-0.4, -0.2) is 20.7 Å². The molecule has 0 radical (unpaired) electrons. The molecule has 0 bridgehead atoms. The van der Waals surface area contributed by atoms with Gasteiger partial charge in [-0.3, -0.25) is 9.55 Å². The van der Waals surface area contributed by atoms with Gasteiger partial charge in [-0.2, -0.15) is 4.98 Å². The summed E-state index contributed by atoms with van der Waals surface area (Å²) in [6, 6.07) is 3.52. The highest BCUT2D eigenvalue weighted by Gasteiger charge is 2.13. The van der Waals surface area contributed by atoms with Crippen molar-refractivity contribution in [2.45, 2.75) is 6.54 Å². The van der Waals surface area contributed by atoms with Gasteiger partial charge in [-0.1, -0.05) is 0 Å². The molecule has 0 aromatic carbocycles. The summed E-state index contributed by atoms with van der Waals surface area (Å²) in [6.45, 7) is 0.494. The van der Waals surface area contributed by atoms with E-state index in [1.54, 1.807) is 24.5 Å². The van der Waals surface area contributed by atoms with E-state index in [9.17, 15) is 4.79 Å². The normalized spacial score (nSPS) is 13.4. The maximum atomic E-state index is 11.5. The van der Waals surface area contributed by atoms with Crippen LogP contribution >= 0.6 is 0 Å². The lowest BCUT2D eigenvalue weighted by Crippen LogP contribution is -2.21. The van der Waals surface area contributed by atoms with Crippen molar-refractivity contribution in [3.05, 3.63) is 28.8 Å². The highest BCUT2D eigenvalue weighted by molar-refractivity contribution is 5.87. The van der Waals surface area contributed by atoms with Gasteiger partial charge in [0.2, 0.25) is 0 Å². The molecule has 0 saturated carbocycles. The Morgan fingerprint density at radius 2 is 2.36 bits per heavy atom. The van der Waals surface area contributed by atoms with Crippen LogP contribution < -0.4 is 5.69 Å².